The van der Waals surface area contributed by atoms with Crippen molar-refractivity contribution in [1.82, 2.24) is 5.32 Å². The highest BCUT2D eigenvalue weighted by molar-refractivity contribution is 5.86. The highest BCUT2D eigenvalue weighted by atomic mass is 16.2. The van der Waals surface area contributed by atoms with E-state index in [0.29, 0.717) is 6.54 Å². The van der Waals surface area contributed by atoms with Gasteiger partial charge < -0.3 is 11.1 Å². The largest absolute Gasteiger partial charge is 0.354 e. The van der Waals surface area contributed by atoms with E-state index < -0.39 is 5.54 Å². The minimum atomic E-state index is -0.573. The summed E-state index contributed by atoms with van der Waals surface area (Å²) < 4.78 is 0. The van der Waals surface area contributed by atoms with Crippen molar-refractivity contribution in [3.8, 4) is 0 Å². The quantitative estimate of drug-likeness (QED) is 0.526. The first-order valence-corrected chi connectivity index (χ1v) is 5.37. The zero-order chi connectivity index (χ0) is 10.4. The molecule has 80 valence electrons. The van der Waals surface area contributed by atoms with Crippen molar-refractivity contribution in [3.05, 3.63) is 12.2 Å². The molecule has 1 saturated carbocycles. The molecule has 0 saturated heterocycles. The highest BCUT2D eigenvalue weighted by Crippen LogP contribution is 2.27. The molecule has 0 heterocycles. The van der Waals surface area contributed by atoms with Gasteiger partial charge in [0.25, 0.3) is 0 Å². The summed E-state index contributed by atoms with van der Waals surface area (Å²) in [5, 5.41) is 2.88. The Labute approximate surface area is 85.7 Å². The van der Waals surface area contributed by atoms with Gasteiger partial charge in [-0.3, -0.25) is 4.79 Å². The minimum Gasteiger partial charge on any atom is -0.354 e. The second kappa shape index (κ2) is 5.15. The van der Waals surface area contributed by atoms with Crippen LogP contribution in [0.2, 0.25) is 0 Å². The SMILES string of the molecule is C/C=C/CCNC(=O)C1(N)CCCC1. The van der Waals surface area contributed by atoms with Gasteiger partial charge in [-0.25, -0.2) is 0 Å². The number of allylic oxidation sites excluding steroid dienone is 1. The average molecular weight is 196 g/mol. The Morgan fingerprint density at radius 3 is 2.71 bits per heavy atom. The molecule has 14 heavy (non-hydrogen) atoms. The maximum Gasteiger partial charge on any atom is 0.240 e. The van der Waals surface area contributed by atoms with E-state index in [1.165, 1.54) is 0 Å². The lowest BCUT2D eigenvalue weighted by Gasteiger charge is -2.21. The van der Waals surface area contributed by atoms with Crippen molar-refractivity contribution in [2.24, 2.45) is 5.73 Å². The standard InChI is InChI=1S/C11H20N2O/c1-2-3-6-9-13-10(14)11(12)7-4-5-8-11/h2-3H,4-9,12H2,1H3,(H,13,14)/b3-2+. The second-order valence-corrected chi connectivity index (χ2v) is 3.98. The predicted molar refractivity (Wildman–Crippen MR) is 57.8 cm³/mol. The Morgan fingerprint density at radius 2 is 2.14 bits per heavy atom. The van der Waals surface area contributed by atoms with E-state index in [1.54, 1.807) is 0 Å². The number of carbonyl (C=O) groups is 1. The van der Waals surface area contributed by atoms with Gasteiger partial charge in [0.2, 0.25) is 5.91 Å². The number of amides is 1. The Bertz CT molecular complexity index is 217. The van der Waals surface area contributed by atoms with Crippen LogP contribution < -0.4 is 11.1 Å². The normalized spacial score (nSPS) is 20.1. The Morgan fingerprint density at radius 1 is 1.50 bits per heavy atom. The summed E-state index contributed by atoms with van der Waals surface area (Å²) in [5.74, 6) is 0.0273. The van der Waals surface area contributed by atoms with Crippen molar-refractivity contribution in [2.75, 3.05) is 6.54 Å². The summed E-state index contributed by atoms with van der Waals surface area (Å²) in [5.41, 5.74) is 5.41. The van der Waals surface area contributed by atoms with Crippen molar-refractivity contribution in [1.29, 1.82) is 0 Å². The fourth-order valence-electron chi connectivity index (χ4n) is 1.84. The number of hydrogen-bond acceptors (Lipinski definition) is 2. The predicted octanol–water partition coefficient (Wildman–Crippen LogP) is 1.34. The van der Waals surface area contributed by atoms with Gasteiger partial charge in [-0.15, -0.1) is 0 Å². The fourth-order valence-corrected chi connectivity index (χ4v) is 1.84. The molecule has 1 rings (SSSR count). The Kier molecular flexibility index (Phi) is 4.14. The summed E-state index contributed by atoms with van der Waals surface area (Å²) in [7, 11) is 0. The zero-order valence-corrected chi connectivity index (χ0v) is 8.88. The zero-order valence-electron chi connectivity index (χ0n) is 8.88. The van der Waals surface area contributed by atoms with Crippen LogP contribution in [0.15, 0.2) is 12.2 Å². The topological polar surface area (TPSA) is 55.1 Å². The van der Waals surface area contributed by atoms with Crippen LogP contribution in [0.4, 0.5) is 0 Å². The molecule has 0 bridgehead atoms. The third kappa shape index (κ3) is 2.84. The van der Waals surface area contributed by atoms with Crippen LogP contribution >= 0.6 is 0 Å². The van der Waals surface area contributed by atoms with E-state index in [0.717, 1.165) is 32.1 Å². The van der Waals surface area contributed by atoms with E-state index >= 15 is 0 Å². The highest BCUT2D eigenvalue weighted by Gasteiger charge is 2.36. The molecule has 1 amide bonds. The molecule has 0 atom stereocenters. The van der Waals surface area contributed by atoms with Gasteiger partial charge in [0.05, 0.1) is 5.54 Å². The molecule has 0 aromatic heterocycles. The number of carbonyl (C=O) groups excluding carboxylic acids is 1. The van der Waals surface area contributed by atoms with E-state index in [-0.39, 0.29) is 5.91 Å². The van der Waals surface area contributed by atoms with Crippen LogP contribution in [0.25, 0.3) is 0 Å². The molecule has 3 N–H and O–H groups in total. The summed E-state index contributed by atoms with van der Waals surface area (Å²) >= 11 is 0. The minimum absolute atomic E-state index is 0.0273. The van der Waals surface area contributed by atoms with E-state index in [9.17, 15) is 4.79 Å². The number of nitrogens with two attached hydrogens (primary N) is 1. The number of nitrogens with one attached hydrogen (secondary N) is 1. The molecule has 0 aromatic rings. The molecule has 1 fully saturated rings. The number of rotatable bonds is 4. The van der Waals surface area contributed by atoms with E-state index in [2.05, 4.69) is 5.32 Å². The van der Waals surface area contributed by atoms with Gasteiger partial charge in [0.1, 0.15) is 0 Å². The van der Waals surface area contributed by atoms with Gasteiger partial charge in [0.15, 0.2) is 0 Å². The molecule has 3 nitrogen and oxygen atoms in total. The maximum absolute atomic E-state index is 11.7. The third-order valence-electron chi connectivity index (χ3n) is 2.78. The van der Waals surface area contributed by atoms with Crippen molar-refractivity contribution in [2.45, 2.75) is 44.6 Å². The molecule has 0 aliphatic heterocycles. The van der Waals surface area contributed by atoms with Gasteiger partial charge in [-0.1, -0.05) is 25.0 Å². The van der Waals surface area contributed by atoms with Crippen LogP contribution in [0, 0.1) is 0 Å². The summed E-state index contributed by atoms with van der Waals surface area (Å²) in [4.78, 5) is 11.7. The molecule has 0 aromatic carbocycles. The first-order chi connectivity index (χ1) is 6.69. The Hall–Kier alpha value is -0.830. The van der Waals surface area contributed by atoms with Crippen LogP contribution in [0.3, 0.4) is 0 Å². The first-order valence-electron chi connectivity index (χ1n) is 5.37. The van der Waals surface area contributed by atoms with E-state index in [1.807, 2.05) is 19.1 Å². The number of hydrogen-bond donors (Lipinski definition) is 2. The molecule has 1 aliphatic rings. The van der Waals surface area contributed by atoms with Crippen molar-refractivity contribution in [3.63, 3.8) is 0 Å². The monoisotopic (exact) mass is 196 g/mol. The van der Waals surface area contributed by atoms with Gasteiger partial charge >= 0.3 is 0 Å². The summed E-state index contributed by atoms with van der Waals surface area (Å²) in [6.45, 7) is 2.67. The van der Waals surface area contributed by atoms with Gasteiger partial charge in [0, 0.05) is 6.54 Å². The molecule has 0 radical (unpaired) electrons. The lowest BCUT2D eigenvalue weighted by molar-refractivity contribution is -0.126. The lowest BCUT2D eigenvalue weighted by Crippen LogP contribution is -2.52. The van der Waals surface area contributed by atoms with Crippen LogP contribution in [0.1, 0.15) is 39.0 Å². The first kappa shape index (κ1) is 11.2. The van der Waals surface area contributed by atoms with Crippen molar-refractivity contribution >= 4 is 5.91 Å². The Balaban J connectivity index is 2.27. The molecular weight excluding hydrogens is 176 g/mol. The molecule has 0 unspecified atom stereocenters. The second-order valence-electron chi connectivity index (χ2n) is 3.98. The lowest BCUT2D eigenvalue weighted by atomic mass is 9.98. The maximum atomic E-state index is 11.7. The van der Waals surface area contributed by atoms with Crippen LogP contribution in [0.5, 0.6) is 0 Å². The molecule has 0 spiro atoms. The third-order valence-corrected chi connectivity index (χ3v) is 2.78. The van der Waals surface area contributed by atoms with E-state index in [4.69, 9.17) is 5.73 Å². The molecular formula is C11H20N2O. The fraction of sp³-hybridized carbons (Fsp3) is 0.727. The van der Waals surface area contributed by atoms with Crippen LogP contribution in [-0.4, -0.2) is 18.0 Å². The average Bonchev–Trinajstić information content (AvgIpc) is 2.61. The molecule has 3 heteroatoms. The van der Waals surface area contributed by atoms with Gasteiger partial charge in [-0.05, 0) is 26.2 Å². The van der Waals surface area contributed by atoms with Crippen LogP contribution in [-0.2, 0) is 4.79 Å². The van der Waals surface area contributed by atoms with Gasteiger partial charge in [-0.2, -0.15) is 0 Å². The van der Waals surface area contributed by atoms with Crippen molar-refractivity contribution < 1.29 is 4.79 Å². The smallest absolute Gasteiger partial charge is 0.240 e. The molecule has 1 aliphatic carbocycles. The summed E-state index contributed by atoms with van der Waals surface area (Å²) in [6.07, 6.45) is 8.75. The summed E-state index contributed by atoms with van der Waals surface area (Å²) in [6, 6.07) is 0.